The van der Waals surface area contributed by atoms with Crippen LogP contribution in [0.25, 0.3) is 0 Å². The third-order valence-electron chi connectivity index (χ3n) is 1.99. The Morgan fingerprint density at radius 2 is 1.50 bits per heavy atom. The van der Waals surface area contributed by atoms with Crippen molar-refractivity contribution in [1.82, 2.24) is 0 Å². The van der Waals surface area contributed by atoms with Gasteiger partial charge in [0.25, 0.3) is 0 Å². The lowest BCUT2D eigenvalue weighted by atomic mass is 9.98. The standard InChI is InChI=1S/C9H19BO2/c10-8-6-4-2-1-3-5-7-9(11)12/h1-8,10H2,(H,11,12). The normalized spacial score (nSPS) is 10.0. The van der Waals surface area contributed by atoms with E-state index in [0.29, 0.717) is 6.42 Å². The van der Waals surface area contributed by atoms with Crippen molar-refractivity contribution in [1.29, 1.82) is 0 Å². The largest absolute Gasteiger partial charge is 0.481 e. The lowest BCUT2D eigenvalue weighted by molar-refractivity contribution is -0.137. The third kappa shape index (κ3) is 9.53. The van der Waals surface area contributed by atoms with Crippen LogP contribution in [-0.4, -0.2) is 18.9 Å². The van der Waals surface area contributed by atoms with Crippen molar-refractivity contribution < 1.29 is 9.90 Å². The van der Waals surface area contributed by atoms with Gasteiger partial charge in [0.1, 0.15) is 7.85 Å². The predicted octanol–water partition coefficient (Wildman–Crippen LogP) is 1.85. The molecule has 0 heterocycles. The van der Waals surface area contributed by atoms with E-state index < -0.39 is 5.97 Å². The first kappa shape index (κ1) is 11.5. The topological polar surface area (TPSA) is 37.3 Å². The summed E-state index contributed by atoms with van der Waals surface area (Å²) in [5.74, 6) is -0.663. The first-order chi connectivity index (χ1) is 5.77. The lowest BCUT2D eigenvalue weighted by Crippen LogP contribution is -1.93. The van der Waals surface area contributed by atoms with Crippen LogP contribution in [0.5, 0.6) is 0 Å². The van der Waals surface area contributed by atoms with Crippen LogP contribution in [0, 0.1) is 0 Å². The van der Waals surface area contributed by atoms with Crippen LogP contribution in [0.4, 0.5) is 0 Å². The third-order valence-corrected chi connectivity index (χ3v) is 1.99. The Balaban J connectivity index is 2.86. The summed E-state index contributed by atoms with van der Waals surface area (Å²) < 4.78 is 0. The first-order valence-corrected chi connectivity index (χ1v) is 4.99. The Morgan fingerprint density at radius 3 is 2.00 bits per heavy atom. The molecular weight excluding hydrogens is 151 g/mol. The Labute approximate surface area is 75.8 Å². The van der Waals surface area contributed by atoms with E-state index in [1.165, 1.54) is 32.0 Å². The van der Waals surface area contributed by atoms with Gasteiger partial charge in [-0.25, -0.2) is 0 Å². The fraction of sp³-hybridized carbons (Fsp3) is 0.889. The fourth-order valence-electron chi connectivity index (χ4n) is 1.23. The number of hydrogen-bond acceptors (Lipinski definition) is 1. The van der Waals surface area contributed by atoms with Gasteiger partial charge in [0, 0.05) is 6.42 Å². The molecule has 0 aliphatic rings. The molecule has 12 heavy (non-hydrogen) atoms. The van der Waals surface area contributed by atoms with Gasteiger partial charge in [-0.1, -0.05) is 38.4 Å². The average molecular weight is 170 g/mol. The second kappa shape index (κ2) is 8.63. The number of rotatable bonds is 8. The predicted molar refractivity (Wildman–Crippen MR) is 53.3 cm³/mol. The summed E-state index contributed by atoms with van der Waals surface area (Å²) in [6, 6.07) is 0. The summed E-state index contributed by atoms with van der Waals surface area (Å²) in [5.41, 5.74) is 0. The van der Waals surface area contributed by atoms with Crippen LogP contribution in [0.15, 0.2) is 0 Å². The van der Waals surface area contributed by atoms with Gasteiger partial charge in [0.05, 0.1) is 0 Å². The molecule has 0 aliphatic carbocycles. The molecule has 0 spiro atoms. The number of aliphatic carboxylic acids is 1. The van der Waals surface area contributed by atoms with Crippen LogP contribution < -0.4 is 0 Å². The molecule has 0 fully saturated rings. The quantitative estimate of drug-likeness (QED) is 0.445. The number of hydrogen-bond donors (Lipinski definition) is 1. The van der Waals surface area contributed by atoms with Crippen LogP contribution in [0.3, 0.4) is 0 Å². The molecule has 0 atom stereocenters. The van der Waals surface area contributed by atoms with E-state index in [4.69, 9.17) is 5.11 Å². The van der Waals surface area contributed by atoms with Gasteiger partial charge in [-0.2, -0.15) is 0 Å². The van der Waals surface area contributed by atoms with Gasteiger partial charge in [-0.15, -0.1) is 0 Å². The molecule has 0 aromatic carbocycles. The summed E-state index contributed by atoms with van der Waals surface area (Å²) in [7, 11) is 2.20. The average Bonchev–Trinajstić information content (AvgIpc) is 2.02. The van der Waals surface area contributed by atoms with Crippen molar-refractivity contribution in [2.45, 2.75) is 51.3 Å². The van der Waals surface area contributed by atoms with Gasteiger partial charge in [0.15, 0.2) is 0 Å². The highest BCUT2D eigenvalue weighted by Gasteiger charge is 1.95. The number of carboxylic acid groups (broad SMARTS) is 1. The maximum absolute atomic E-state index is 10.1. The van der Waals surface area contributed by atoms with Crippen LogP contribution in [-0.2, 0) is 4.79 Å². The first-order valence-electron chi connectivity index (χ1n) is 4.99. The highest BCUT2D eigenvalue weighted by atomic mass is 16.4. The Hall–Kier alpha value is -0.465. The molecular formula is C9H19BO2. The van der Waals surface area contributed by atoms with Crippen LogP contribution in [0.2, 0.25) is 6.32 Å². The van der Waals surface area contributed by atoms with Gasteiger partial charge in [-0.05, 0) is 6.42 Å². The fourth-order valence-corrected chi connectivity index (χ4v) is 1.23. The highest BCUT2D eigenvalue weighted by molar-refractivity contribution is 6.08. The minimum absolute atomic E-state index is 0.341. The van der Waals surface area contributed by atoms with Crippen LogP contribution in [0.1, 0.15) is 44.9 Å². The smallest absolute Gasteiger partial charge is 0.303 e. The molecule has 0 rings (SSSR count). The molecule has 2 nitrogen and oxygen atoms in total. The van der Waals surface area contributed by atoms with E-state index in [1.807, 2.05) is 0 Å². The molecule has 1 N–H and O–H groups in total. The molecule has 0 bridgehead atoms. The molecule has 0 aliphatic heterocycles. The lowest BCUT2D eigenvalue weighted by Gasteiger charge is -1.98. The maximum atomic E-state index is 10.1. The van der Waals surface area contributed by atoms with Crippen molar-refractivity contribution in [3.05, 3.63) is 0 Å². The van der Waals surface area contributed by atoms with Crippen molar-refractivity contribution in [3.63, 3.8) is 0 Å². The Bertz CT molecular complexity index is 115. The van der Waals surface area contributed by atoms with E-state index in [0.717, 1.165) is 12.8 Å². The minimum atomic E-state index is -0.663. The highest BCUT2D eigenvalue weighted by Crippen LogP contribution is 2.07. The van der Waals surface area contributed by atoms with Crippen LogP contribution >= 0.6 is 0 Å². The van der Waals surface area contributed by atoms with E-state index in [1.54, 1.807) is 0 Å². The maximum Gasteiger partial charge on any atom is 0.303 e. The summed E-state index contributed by atoms with van der Waals surface area (Å²) in [6.45, 7) is 0. The molecule has 0 unspecified atom stereocenters. The summed E-state index contributed by atoms with van der Waals surface area (Å²) in [6.07, 6.45) is 8.64. The summed E-state index contributed by atoms with van der Waals surface area (Å²) in [4.78, 5) is 10.1. The van der Waals surface area contributed by atoms with Gasteiger partial charge in [0.2, 0.25) is 0 Å². The molecule has 0 saturated heterocycles. The van der Waals surface area contributed by atoms with Crippen molar-refractivity contribution in [2.24, 2.45) is 0 Å². The van der Waals surface area contributed by atoms with E-state index >= 15 is 0 Å². The molecule has 0 aromatic heterocycles. The second-order valence-electron chi connectivity index (χ2n) is 3.27. The molecule has 0 aromatic rings. The van der Waals surface area contributed by atoms with Crippen molar-refractivity contribution in [3.8, 4) is 0 Å². The van der Waals surface area contributed by atoms with Gasteiger partial charge < -0.3 is 5.11 Å². The Morgan fingerprint density at radius 1 is 1.00 bits per heavy atom. The van der Waals surface area contributed by atoms with E-state index in [-0.39, 0.29) is 0 Å². The SMILES string of the molecule is BCCCCCCCCC(=O)O. The molecule has 0 radical (unpaired) electrons. The van der Waals surface area contributed by atoms with Gasteiger partial charge in [-0.3, -0.25) is 4.79 Å². The van der Waals surface area contributed by atoms with Crippen molar-refractivity contribution >= 4 is 13.8 Å². The van der Waals surface area contributed by atoms with Crippen molar-refractivity contribution in [2.75, 3.05) is 0 Å². The molecule has 70 valence electrons. The summed E-state index contributed by atoms with van der Waals surface area (Å²) in [5, 5.41) is 8.35. The molecule has 0 saturated carbocycles. The second-order valence-corrected chi connectivity index (χ2v) is 3.27. The monoisotopic (exact) mass is 170 g/mol. The zero-order valence-electron chi connectivity index (χ0n) is 8.01. The van der Waals surface area contributed by atoms with E-state index in [9.17, 15) is 4.79 Å². The number of carbonyl (C=O) groups is 1. The molecule has 3 heteroatoms. The minimum Gasteiger partial charge on any atom is -0.481 e. The van der Waals surface area contributed by atoms with E-state index in [2.05, 4.69) is 7.85 Å². The zero-order chi connectivity index (χ0) is 9.23. The molecule has 0 amide bonds. The van der Waals surface area contributed by atoms with Gasteiger partial charge >= 0.3 is 5.97 Å². The number of unbranched alkanes of at least 4 members (excludes halogenated alkanes) is 5. The summed E-state index contributed by atoms with van der Waals surface area (Å²) >= 11 is 0. The number of carboxylic acids is 1. The Kier molecular flexibility index (Phi) is 8.30. The zero-order valence-corrected chi connectivity index (χ0v) is 8.01.